The first-order valence-electron chi connectivity index (χ1n) is 8.91. The molecule has 2 amide bonds. The summed E-state index contributed by atoms with van der Waals surface area (Å²) in [6.07, 6.45) is 0.284. The molecule has 0 bridgehead atoms. The Hall–Kier alpha value is -2.50. The first kappa shape index (κ1) is 19.8. The summed E-state index contributed by atoms with van der Waals surface area (Å²) in [6, 6.07) is 6.50. The highest BCUT2D eigenvalue weighted by molar-refractivity contribution is 5.95. The summed E-state index contributed by atoms with van der Waals surface area (Å²) in [6.45, 7) is 11.4. The molecule has 0 fully saturated rings. The summed E-state index contributed by atoms with van der Waals surface area (Å²) >= 11 is 0. The van der Waals surface area contributed by atoms with Gasteiger partial charge in [-0.2, -0.15) is 0 Å². The molecule has 26 heavy (non-hydrogen) atoms. The van der Waals surface area contributed by atoms with Crippen molar-refractivity contribution >= 4 is 12.0 Å². The number of rotatable bonds is 5. The predicted molar refractivity (Wildman–Crippen MR) is 99.8 cm³/mol. The van der Waals surface area contributed by atoms with Crippen LogP contribution in [-0.4, -0.2) is 23.7 Å². The van der Waals surface area contributed by atoms with Crippen molar-refractivity contribution in [1.82, 2.24) is 10.6 Å². The Morgan fingerprint density at radius 1 is 1.19 bits per heavy atom. The summed E-state index contributed by atoms with van der Waals surface area (Å²) < 4.78 is 11.2. The van der Waals surface area contributed by atoms with E-state index in [-0.39, 0.29) is 17.7 Å². The zero-order valence-corrected chi connectivity index (χ0v) is 16.3. The number of esters is 1. The van der Waals surface area contributed by atoms with Crippen LogP contribution in [0.3, 0.4) is 0 Å². The minimum atomic E-state index is -0.561. The summed E-state index contributed by atoms with van der Waals surface area (Å²) in [7, 11) is 0. The Labute approximate surface area is 154 Å². The van der Waals surface area contributed by atoms with Crippen LogP contribution in [0.1, 0.15) is 59.6 Å². The third-order valence-corrected chi connectivity index (χ3v) is 3.71. The minimum Gasteiger partial charge on any atom is -0.488 e. The Kier molecular flexibility index (Phi) is 5.95. The highest BCUT2D eigenvalue weighted by atomic mass is 16.5. The van der Waals surface area contributed by atoms with Gasteiger partial charge >= 0.3 is 12.0 Å². The van der Waals surface area contributed by atoms with E-state index in [9.17, 15) is 9.59 Å². The van der Waals surface area contributed by atoms with E-state index in [1.165, 1.54) is 0 Å². The second kappa shape index (κ2) is 7.81. The van der Waals surface area contributed by atoms with Crippen LogP contribution in [0.5, 0.6) is 5.75 Å². The zero-order valence-electron chi connectivity index (χ0n) is 16.3. The fraction of sp³-hybridized carbons (Fsp3) is 0.500. The molecule has 1 aromatic rings. The lowest BCUT2D eigenvalue weighted by atomic mass is 9.94. The molecule has 2 N–H and O–H groups in total. The molecule has 0 spiro atoms. The molecule has 6 heteroatoms. The van der Waals surface area contributed by atoms with Crippen molar-refractivity contribution in [2.45, 2.75) is 65.7 Å². The van der Waals surface area contributed by atoms with Gasteiger partial charge in [-0.15, -0.1) is 0 Å². The van der Waals surface area contributed by atoms with Crippen LogP contribution < -0.4 is 15.4 Å². The molecule has 1 aliphatic rings. The van der Waals surface area contributed by atoms with Crippen molar-refractivity contribution in [3.8, 4) is 5.75 Å². The fourth-order valence-corrected chi connectivity index (χ4v) is 2.75. The Morgan fingerprint density at radius 3 is 2.31 bits per heavy atom. The SMILES string of the molecule is CCC1=C(C(=O)OC(C)C)C(c2ccc(OC(C)(C)C)cc2)NC(=O)N1. The van der Waals surface area contributed by atoms with Gasteiger partial charge in [0.25, 0.3) is 0 Å². The number of amides is 2. The lowest BCUT2D eigenvalue weighted by Gasteiger charge is -2.29. The Balaban J connectivity index is 2.37. The summed E-state index contributed by atoms with van der Waals surface area (Å²) in [5.41, 5.74) is 1.51. The van der Waals surface area contributed by atoms with E-state index in [1.54, 1.807) is 13.8 Å². The molecular formula is C20H28N2O4. The van der Waals surface area contributed by atoms with E-state index in [0.29, 0.717) is 17.7 Å². The summed E-state index contributed by atoms with van der Waals surface area (Å²) in [5.74, 6) is 0.303. The molecule has 0 saturated heterocycles. The van der Waals surface area contributed by atoms with Gasteiger partial charge in [-0.05, 0) is 58.7 Å². The van der Waals surface area contributed by atoms with Crippen LogP contribution >= 0.6 is 0 Å². The van der Waals surface area contributed by atoms with Gasteiger partial charge in [0.15, 0.2) is 0 Å². The number of nitrogens with one attached hydrogen (secondary N) is 2. The van der Waals surface area contributed by atoms with Crippen molar-refractivity contribution < 1.29 is 19.1 Å². The second-order valence-electron chi connectivity index (χ2n) is 7.51. The number of allylic oxidation sites excluding steroid dienone is 1. The second-order valence-corrected chi connectivity index (χ2v) is 7.51. The van der Waals surface area contributed by atoms with Gasteiger partial charge in [-0.1, -0.05) is 19.1 Å². The van der Waals surface area contributed by atoms with E-state index in [1.807, 2.05) is 52.0 Å². The number of ether oxygens (including phenoxy) is 2. The van der Waals surface area contributed by atoms with Crippen LogP contribution in [0.2, 0.25) is 0 Å². The van der Waals surface area contributed by atoms with Gasteiger partial charge in [-0.25, -0.2) is 9.59 Å². The van der Waals surface area contributed by atoms with Crippen LogP contribution in [0.15, 0.2) is 35.5 Å². The molecular weight excluding hydrogens is 332 g/mol. The summed E-state index contributed by atoms with van der Waals surface area (Å²) in [4.78, 5) is 24.7. The maximum Gasteiger partial charge on any atom is 0.338 e. The largest absolute Gasteiger partial charge is 0.488 e. The first-order chi connectivity index (χ1) is 12.1. The van der Waals surface area contributed by atoms with Gasteiger partial charge in [0.2, 0.25) is 0 Å². The van der Waals surface area contributed by atoms with Crippen LogP contribution in [-0.2, 0) is 9.53 Å². The summed E-state index contributed by atoms with van der Waals surface area (Å²) in [5, 5.41) is 5.54. The van der Waals surface area contributed by atoms with Gasteiger partial charge in [0.05, 0.1) is 17.7 Å². The van der Waals surface area contributed by atoms with E-state index in [4.69, 9.17) is 9.47 Å². The third-order valence-electron chi connectivity index (χ3n) is 3.71. The molecule has 0 aromatic heterocycles. The number of urea groups is 1. The van der Waals surface area contributed by atoms with E-state index in [2.05, 4.69) is 10.6 Å². The quantitative estimate of drug-likeness (QED) is 0.782. The normalized spacial score (nSPS) is 17.7. The number of benzene rings is 1. The minimum absolute atomic E-state index is 0.242. The lowest BCUT2D eigenvalue weighted by Crippen LogP contribution is -2.46. The highest BCUT2D eigenvalue weighted by Crippen LogP contribution is 2.30. The van der Waals surface area contributed by atoms with Crippen LogP contribution in [0.4, 0.5) is 4.79 Å². The molecule has 1 aromatic carbocycles. The van der Waals surface area contributed by atoms with Crippen LogP contribution in [0.25, 0.3) is 0 Å². The average Bonchev–Trinajstić information content (AvgIpc) is 2.52. The van der Waals surface area contributed by atoms with E-state index < -0.39 is 12.0 Å². The van der Waals surface area contributed by atoms with Gasteiger partial charge in [0.1, 0.15) is 11.4 Å². The van der Waals surface area contributed by atoms with Crippen molar-refractivity contribution in [1.29, 1.82) is 0 Å². The average molecular weight is 360 g/mol. The monoisotopic (exact) mass is 360 g/mol. The lowest BCUT2D eigenvalue weighted by molar-refractivity contribution is -0.143. The molecule has 1 aliphatic heterocycles. The van der Waals surface area contributed by atoms with E-state index >= 15 is 0 Å². The highest BCUT2D eigenvalue weighted by Gasteiger charge is 2.33. The maximum absolute atomic E-state index is 12.6. The van der Waals surface area contributed by atoms with Crippen molar-refractivity contribution in [3.63, 3.8) is 0 Å². The molecule has 1 heterocycles. The Bertz CT molecular complexity index is 700. The molecule has 2 rings (SSSR count). The molecule has 0 radical (unpaired) electrons. The standard InChI is InChI=1S/C20H28N2O4/c1-7-15-16(18(23)25-12(2)3)17(22-19(24)21-15)13-8-10-14(11-9-13)26-20(4,5)6/h8-12,17H,7H2,1-6H3,(H2,21,22,24). The van der Waals surface area contributed by atoms with Crippen molar-refractivity contribution in [2.75, 3.05) is 0 Å². The van der Waals surface area contributed by atoms with Gasteiger partial charge in [0, 0.05) is 5.70 Å². The van der Waals surface area contributed by atoms with Gasteiger partial charge < -0.3 is 20.1 Å². The predicted octanol–water partition coefficient (Wildman–Crippen LogP) is 3.83. The molecule has 0 saturated carbocycles. The number of carbonyl (C=O) groups is 2. The van der Waals surface area contributed by atoms with Gasteiger partial charge in [-0.3, -0.25) is 0 Å². The third kappa shape index (κ3) is 5.00. The smallest absolute Gasteiger partial charge is 0.338 e. The van der Waals surface area contributed by atoms with Crippen molar-refractivity contribution in [2.24, 2.45) is 0 Å². The first-order valence-corrected chi connectivity index (χ1v) is 8.91. The number of carbonyl (C=O) groups excluding carboxylic acids is 2. The fourth-order valence-electron chi connectivity index (χ4n) is 2.75. The molecule has 0 aliphatic carbocycles. The molecule has 142 valence electrons. The van der Waals surface area contributed by atoms with Crippen molar-refractivity contribution in [3.05, 3.63) is 41.1 Å². The molecule has 6 nitrogen and oxygen atoms in total. The molecule has 1 unspecified atom stereocenters. The maximum atomic E-state index is 12.6. The number of hydrogen-bond donors (Lipinski definition) is 2. The zero-order chi connectivity index (χ0) is 19.5. The van der Waals surface area contributed by atoms with Crippen LogP contribution in [0, 0.1) is 0 Å². The molecule has 1 atom stereocenters. The Morgan fingerprint density at radius 2 is 1.81 bits per heavy atom. The topological polar surface area (TPSA) is 76.7 Å². The van der Waals surface area contributed by atoms with E-state index in [0.717, 1.165) is 11.3 Å². The number of hydrogen-bond acceptors (Lipinski definition) is 4.